The first-order chi connectivity index (χ1) is 15.8. The van der Waals surface area contributed by atoms with Gasteiger partial charge in [-0.1, -0.05) is 0 Å². The van der Waals surface area contributed by atoms with Crippen molar-refractivity contribution in [2.24, 2.45) is 5.41 Å². The summed E-state index contributed by atoms with van der Waals surface area (Å²) >= 11 is 0. The fourth-order valence-electron chi connectivity index (χ4n) is 4.87. The molecule has 0 saturated carbocycles. The van der Waals surface area contributed by atoms with Gasteiger partial charge < -0.3 is 29.5 Å². The summed E-state index contributed by atoms with van der Waals surface area (Å²) in [7, 11) is 0. The van der Waals surface area contributed by atoms with Gasteiger partial charge in [0.15, 0.2) is 18.4 Å². The minimum atomic E-state index is -1.12. The first-order valence-electron chi connectivity index (χ1n) is 11.7. The lowest BCUT2D eigenvalue weighted by Crippen LogP contribution is -2.62. The molecule has 180 valence electrons. The zero-order chi connectivity index (χ0) is 23.6. The van der Waals surface area contributed by atoms with Crippen LogP contribution in [0.5, 0.6) is 0 Å². The molecule has 2 atom stereocenters. The van der Waals surface area contributed by atoms with E-state index in [1.54, 1.807) is 29.8 Å². The molecule has 0 aromatic carbocycles. The number of piperazine rings is 1. The SMILES string of the molecule is CCNc1cccnc1N1CCN(C(=O)OCOC2C(=O)C(C)(C)C(=O)N3CCCC23)CC1. The summed E-state index contributed by atoms with van der Waals surface area (Å²) in [6.45, 7) is 8.72. The number of nitrogens with one attached hydrogen (secondary N) is 1. The monoisotopic (exact) mass is 459 g/mol. The Hall–Kier alpha value is -2.88. The molecule has 1 N–H and O–H groups in total. The molecule has 2 amide bonds. The van der Waals surface area contributed by atoms with Gasteiger partial charge in [-0.2, -0.15) is 0 Å². The van der Waals surface area contributed by atoms with Crippen molar-refractivity contribution in [2.75, 3.05) is 56.3 Å². The number of piperidine rings is 1. The lowest BCUT2D eigenvalue weighted by Gasteiger charge is -2.42. The molecule has 10 heteroatoms. The highest BCUT2D eigenvalue weighted by atomic mass is 16.7. The van der Waals surface area contributed by atoms with Crippen LogP contribution < -0.4 is 10.2 Å². The maximum atomic E-state index is 12.9. The Morgan fingerprint density at radius 3 is 2.70 bits per heavy atom. The van der Waals surface area contributed by atoms with Crippen molar-refractivity contribution >= 4 is 29.3 Å². The minimum Gasteiger partial charge on any atom is -0.422 e. The predicted molar refractivity (Wildman–Crippen MR) is 122 cm³/mol. The van der Waals surface area contributed by atoms with Crippen LogP contribution in [-0.2, 0) is 19.1 Å². The molecule has 1 aromatic heterocycles. The highest BCUT2D eigenvalue weighted by Gasteiger charge is 2.54. The van der Waals surface area contributed by atoms with Crippen LogP contribution in [0.25, 0.3) is 0 Å². The molecule has 0 spiro atoms. The summed E-state index contributed by atoms with van der Waals surface area (Å²) < 4.78 is 11.1. The molecule has 3 saturated heterocycles. The fourth-order valence-corrected chi connectivity index (χ4v) is 4.87. The molecular weight excluding hydrogens is 426 g/mol. The number of aromatic nitrogens is 1. The molecular formula is C23H33N5O5. The highest BCUT2D eigenvalue weighted by molar-refractivity contribution is 6.10. The molecule has 3 fully saturated rings. The van der Waals surface area contributed by atoms with Gasteiger partial charge in [0, 0.05) is 45.5 Å². The Bertz CT molecular complexity index is 899. The Labute approximate surface area is 194 Å². The molecule has 33 heavy (non-hydrogen) atoms. The van der Waals surface area contributed by atoms with E-state index in [0.717, 1.165) is 30.9 Å². The molecule has 0 aliphatic carbocycles. The van der Waals surface area contributed by atoms with Gasteiger partial charge in [-0.25, -0.2) is 9.78 Å². The Morgan fingerprint density at radius 1 is 1.21 bits per heavy atom. The van der Waals surface area contributed by atoms with Crippen LogP contribution in [-0.4, -0.2) is 90.8 Å². The third-order valence-electron chi connectivity index (χ3n) is 6.74. The molecule has 10 nitrogen and oxygen atoms in total. The standard InChI is InChI=1S/C23H33N5O5/c1-4-24-16-7-5-9-25-20(16)26-11-13-27(14-12-26)22(31)33-15-32-18-17-8-6-10-28(17)21(30)23(2,3)19(18)29/h5,7,9,17-18,24H,4,6,8,10-15H2,1-3H3. The van der Waals surface area contributed by atoms with Crippen molar-refractivity contribution in [1.29, 1.82) is 0 Å². The predicted octanol–water partition coefficient (Wildman–Crippen LogP) is 1.71. The van der Waals surface area contributed by atoms with E-state index < -0.39 is 17.6 Å². The maximum absolute atomic E-state index is 12.9. The molecule has 4 rings (SSSR count). The van der Waals surface area contributed by atoms with E-state index in [-0.39, 0.29) is 24.5 Å². The van der Waals surface area contributed by atoms with Crippen LogP contribution in [0.4, 0.5) is 16.3 Å². The third kappa shape index (κ3) is 4.48. The summed E-state index contributed by atoms with van der Waals surface area (Å²) in [6.07, 6.45) is 2.09. The van der Waals surface area contributed by atoms with Crippen LogP contribution in [0, 0.1) is 5.41 Å². The number of fused-ring (bicyclic) bond motifs is 1. The zero-order valence-electron chi connectivity index (χ0n) is 19.6. The second kappa shape index (κ2) is 9.54. The lowest BCUT2D eigenvalue weighted by molar-refractivity contribution is -0.173. The van der Waals surface area contributed by atoms with Crippen molar-refractivity contribution in [2.45, 2.75) is 45.8 Å². The van der Waals surface area contributed by atoms with Gasteiger partial charge in [0.2, 0.25) is 5.91 Å². The fraction of sp³-hybridized carbons (Fsp3) is 0.652. The number of Topliss-reactive ketones (excluding diaryl/α,β-unsaturated/α-hetero) is 1. The van der Waals surface area contributed by atoms with E-state index in [4.69, 9.17) is 9.47 Å². The normalized spacial score (nSPS) is 24.6. The van der Waals surface area contributed by atoms with E-state index >= 15 is 0 Å². The second-order valence-electron chi connectivity index (χ2n) is 9.19. The Balaban J connectivity index is 1.28. The highest BCUT2D eigenvalue weighted by Crippen LogP contribution is 2.37. The Morgan fingerprint density at radius 2 is 1.97 bits per heavy atom. The second-order valence-corrected chi connectivity index (χ2v) is 9.19. The molecule has 3 aliphatic heterocycles. The van der Waals surface area contributed by atoms with E-state index in [2.05, 4.69) is 15.2 Å². The number of amides is 2. The van der Waals surface area contributed by atoms with Crippen LogP contribution in [0.3, 0.4) is 0 Å². The van der Waals surface area contributed by atoms with Crippen molar-refractivity contribution in [3.05, 3.63) is 18.3 Å². The van der Waals surface area contributed by atoms with E-state index in [1.807, 2.05) is 19.1 Å². The van der Waals surface area contributed by atoms with Gasteiger partial charge in [0.05, 0.1) is 11.7 Å². The average Bonchev–Trinajstić information content (AvgIpc) is 3.30. The van der Waals surface area contributed by atoms with Gasteiger partial charge in [-0.05, 0) is 45.7 Å². The molecule has 2 unspecified atom stereocenters. The first-order valence-corrected chi connectivity index (χ1v) is 11.7. The summed E-state index contributed by atoms with van der Waals surface area (Å²) in [5, 5.41) is 3.32. The summed E-state index contributed by atoms with van der Waals surface area (Å²) in [4.78, 5) is 48.1. The van der Waals surface area contributed by atoms with E-state index in [0.29, 0.717) is 32.7 Å². The number of rotatable bonds is 6. The number of hydrogen-bond donors (Lipinski definition) is 1. The van der Waals surface area contributed by atoms with Crippen molar-refractivity contribution < 1.29 is 23.9 Å². The number of carbonyl (C=O) groups is 3. The summed E-state index contributed by atoms with van der Waals surface area (Å²) in [5.41, 5.74) is -0.146. The third-order valence-corrected chi connectivity index (χ3v) is 6.74. The van der Waals surface area contributed by atoms with Crippen LogP contribution >= 0.6 is 0 Å². The van der Waals surface area contributed by atoms with Gasteiger partial charge in [-0.3, -0.25) is 9.59 Å². The molecule has 0 bridgehead atoms. The molecule has 3 aliphatic rings. The van der Waals surface area contributed by atoms with Crippen molar-refractivity contribution in [3.63, 3.8) is 0 Å². The number of carbonyl (C=O) groups excluding carboxylic acids is 3. The van der Waals surface area contributed by atoms with Gasteiger partial charge >= 0.3 is 6.09 Å². The van der Waals surface area contributed by atoms with Crippen LogP contribution in [0.1, 0.15) is 33.6 Å². The van der Waals surface area contributed by atoms with E-state index in [9.17, 15) is 14.4 Å². The van der Waals surface area contributed by atoms with Gasteiger partial charge in [0.25, 0.3) is 0 Å². The first kappa shape index (κ1) is 23.3. The number of ketones is 1. The van der Waals surface area contributed by atoms with Gasteiger partial charge in [-0.15, -0.1) is 0 Å². The summed E-state index contributed by atoms with van der Waals surface area (Å²) in [5.74, 6) is 0.492. The number of nitrogens with zero attached hydrogens (tertiary/aromatic N) is 4. The molecule has 4 heterocycles. The number of pyridine rings is 1. The number of ether oxygens (including phenoxy) is 2. The molecule has 0 radical (unpaired) electrons. The van der Waals surface area contributed by atoms with Crippen molar-refractivity contribution in [1.82, 2.24) is 14.8 Å². The minimum absolute atomic E-state index is 0.144. The van der Waals surface area contributed by atoms with Gasteiger partial charge in [0.1, 0.15) is 11.5 Å². The zero-order valence-corrected chi connectivity index (χ0v) is 19.6. The maximum Gasteiger partial charge on any atom is 0.412 e. The van der Waals surface area contributed by atoms with E-state index in [1.165, 1.54) is 0 Å². The quantitative estimate of drug-likeness (QED) is 0.507. The average molecular weight is 460 g/mol. The number of anilines is 2. The summed E-state index contributed by atoms with van der Waals surface area (Å²) in [6, 6.07) is 3.62. The van der Waals surface area contributed by atoms with Crippen LogP contribution in [0.15, 0.2) is 18.3 Å². The topological polar surface area (TPSA) is 104 Å². The van der Waals surface area contributed by atoms with Crippen molar-refractivity contribution in [3.8, 4) is 0 Å². The largest absolute Gasteiger partial charge is 0.422 e. The lowest BCUT2D eigenvalue weighted by atomic mass is 9.77. The Kier molecular flexibility index (Phi) is 6.73. The number of hydrogen-bond acceptors (Lipinski definition) is 8. The van der Waals surface area contributed by atoms with Crippen LogP contribution in [0.2, 0.25) is 0 Å². The smallest absolute Gasteiger partial charge is 0.412 e. The molecule has 1 aromatic rings.